The molecule has 12 heteroatoms. The molecule has 6 rings (SSSR count). The fourth-order valence-electron chi connectivity index (χ4n) is 5.21. The van der Waals surface area contributed by atoms with E-state index in [1.807, 2.05) is 6.07 Å². The summed E-state index contributed by atoms with van der Waals surface area (Å²) < 4.78 is 74.0. The van der Waals surface area contributed by atoms with Crippen molar-refractivity contribution in [3.63, 3.8) is 0 Å². The highest BCUT2D eigenvalue weighted by Gasteiger charge is 2.40. The maximum Gasteiger partial charge on any atom is 0.405 e. The standard InChI is InChI=1S/C27H22F5N5O2/c1-26(2,38)24-33-10-16(11-34-24)14-6-7-17-18(8-14)37-19-9-20(23(37)35-17)36(13-27(30,31)32)12-15-4-3-5-21(22(15)19)39-25(28)29/h3-8,10-12,20,25,38H,9,13H2,1-2H3/t20-/m1/s1. The first-order chi connectivity index (χ1) is 18.4. The van der Waals surface area contributed by atoms with Crippen LogP contribution in [-0.4, -0.2) is 48.9 Å². The van der Waals surface area contributed by atoms with Crippen LogP contribution < -0.4 is 15.2 Å². The number of hydrogen-bond acceptors (Lipinski definition) is 6. The fraction of sp³-hybridized carbons (Fsp3) is 0.296. The highest BCUT2D eigenvalue weighted by Crippen LogP contribution is 2.42. The summed E-state index contributed by atoms with van der Waals surface area (Å²) in [4.78, 5) is 14.3. The molecule has 4 heterocycles. The van der Waals surface area contributed by atoms with E-state index in [0.717, 1.165) is 4.90 Å². The van der Waals surface area contributed by atoms with Gasteiger partial charge < -0.3 is 14.7 Å². The van der Waals surface area contributed by atoms with Crippen molar-refractivity contribution in [2.45, 2.75) is 44.7 Å². The lowest BCUT2D eigenvalue weighted by Crippen LogP contribution is -2.37. The highest BCUT2D eigenvalue weighted by atomic mass is 19.4. The van der Waals surface area contributed by atoms with Crippen molar-refractivity contribution in [2.24, 2.45) is 0 Å². The summed E-state index contributed by atoms with van der Waals surface area (Å²) in [6, 6.07) is 9.01. The third kappa shape index (κ3) is 4.48. The monoisotopic (exact) mass is 543 g/mol. The van der Waals surface area contributed by atoms with Gasteiger partial charge in [-0.25, -0.2) is 15.0 Å². The number of aliphatic hydroxyl groups is 1. The third-order valence-electron chi connectivity index (χ3n) is 6.80. The first-order valence-electron chi connectivity index (χ1n) is 12.1. The Kier molecular flexibility index (Phi) is 5.65. The molecular weight excluding hydrogens is 521 g/mol. The average molecular weight is 543 g/mol. The van der Waals surface area contributed by atoms with Gasteiger partial charge in [0.15, 0.2) is 5.82 Å². The van der Waals surface area contributed by atoms with Crippen LogP contribution in [-0.2, 0) is 5.60 Å². The molecule has 1 N–H and O–H groups in total. The minimum Gasteiger partial charge on any atom is -0.434 e. The van der Waals surface area contributed by atoms with Crippen LogP contribution in [0.4, 0.5) is 22.0 Å². The fourth-order valence-corrected chi connectivity index (χ4v) is 5.21. The Hall–Kier alpha value is -4.06. The first-order valence-corrected chi connectivity index (χ1v) is 12.1. The lowest BCUT2D eigenvalue weighted by molar-refractivity contribution is -0.142. The van der Waals surface area contributed by atoms with E-state index in [-0.39, 0.29) is 18.0 Å². The number of ether oxygens (including phenoxy) is 1. The normalized spacial score (nSPS) is 16.8. The number of benzene rings is 2. The number of fused-ring (bicyclic) bond motifs is 8. The van der Waals surface area contributed by atoms with Crippen molar-refractivity contribution in [3.05, 3.63) is 70.9 Å². The zero-order chi connectivity index (χ0) is 27.7. The summed E-state index contributed by atoms with van der Waals surface area (Å²) in [6.45, 7) is -1.19. The Morgan fingerprint density at radius 1 is 1.08 bits per heavy atom. The van der Waals surface area contributed by atoms with E-state index in [9.17, 15) is 27.1 Å². The maximum absolute atomic E-state index is 13.6. The molecule has 0 spiro atoms. The second-order valence-electron chi connectivity index (χ2n) is 10.0. The number of rotatable bonds is 5. The highest BCUT2D eigenvalue weighted by molar-refractivity contribution is 5.86. The topological polar surface area (TPSA) is 76.3 Å². The Morgan fingerprint density at radius 3 is 2.49 bits per heavy atom. The summed E-state index contributed by atoms with van der Waals surface area (Å²) in [6.07, 6.45) is 0.107. The van der Waals surface area contributed by atoms with E-state index < -0.39 is 31.0 Å². The van der Waals surface area contributed by atoms with Gasteiger partial charge in [-0.15, -0.1) is 0 Å². The predicted molar refractivity (Wildman–Crippen MR) is 132 cm³/mol. The maximum atomic E-state index is 13.6. The number of imidazole rings is 1. The van der Waals surface area contributed by atoms with Gasteiger partial charge in [0.25, 0.3) is 0 Å². The Balaban J connectivity index is 1.59. The third-order valence-corrected chi connectivity index (χ3v) is 6.80. The molecule has 7 nitrogen and oxygen atoms in total. The van der Waals surface area contributed by atoms with Gasteiger partial charge in [0.05, 0.1) is 17.1 Å². The van der Waals surface area contributed by atoms with Crippen LogP contribution in [0.25, 0.3) is 34.1 Å². The molecule has 2 aromatic heterocycles. The quantitative estimate of drug-likeness (QED) is 0.383. The molecule has 0 saturated heterocycles. The molecule has 2 aromatic carbocycles. The Morgan fingerprint density at radius 2 is 1.82 bits per heavy atom. The minimum atomic E-state index is -4.50. The van der Waals surface area contributed by atoms with E-state index in [1.165, 1.54) is 18.3 Å². The molecule has 0 fully saturated rings. The van der Waals surface area contributed by atoms with Gasteiger partial charge >= 0.3 is 12.8 Å². The summed E-state index contributed by atoms with van der Waals surface area (Å²) in [5.41, 5.74) is 1.80. The number of hydrogen-bond donors (Lipinski definition) is 1. The second kappa shape index (κ2) is 8.73. The Bertz CT molecular complexity index is 1710. The van der Waals surface area contributed by atoms with Gasteiger partial charge in [-0.2, -0.15) is 22.0 Å². The van der Waals surface area contributed by atoms with Crippen molar-refractivity contribution in [2.75, 3.05) is 6.54 Å². The molecule has 0 unspecified atom stereocenters. The SMILES string of the molecule is CC(C)(O)c1ncc(-c2ccc3nc4n(c3c2)C2=c3c(OC(F)F)cccc3=CN(CC(F)(F)F)[C@@H]4C2)cn1. The van der Waals surface area contributed by atoms with Crippen LogP contribution in [0.1, 0.15) is 38.0 Å². The molecule has 202 valence electrons. The van der Waals surface area contributed by atoms with Gasteiger partial charge in [-0.3, -0.25) is 4.57 Å². The summed E-state index contributed by atoms with van der Waals surface area (Å²) in [5.74, 6) is 0.508. The van der Waals surface area contributed by atoms with E-state index in [0.29, 0.717) is 44.1 Å². The van der Waals surface area contributed by atoms with Gasteiger partial charge in [0, 0.05) is 46.7 Å². The summed E-state index contributed by atoms with van der Waals surface area (Å²) in [7, 11) is 0. The molecule has 0 amide bonds. The van der Waals surface area contributed by atoms with Crippen molar-refractivity contribution in [1.82, 2.24) is 24.4 Å². The molecule has 39 heavy (non-hydrogen) atoms. The van der Waals surface area contributed by atoms with E-state index in [4.69, 9.17) is 4.74 Å². The number of alkyl halides is 5. The van der Waals surface area contributed by atoms with Gasteiger partial charge in [0.2, 0.25) is 0 Å². The number of aromatic nitrogens is 4. The largest absolute Gasteiger partial charge is 0.434 e. The van der Waals surface area contributed by atoms with Crippen LogP contribution in [0, 0.1) is 0 Å². The zero-order valence-electron chi connectivity index (χ0n) is 20.7. The number of halogens is 5. The van der Waals surface area contributed by atoms with Crippen LogP contribution in [0.3, 0.4) is 0 Å². The van der Waals surface area contributed by atoms with E-state index >= 15 is 0 Å². The molecular formula is C27H22F5N5O2. The minimum absolute atomic E-state index is 0.120. The van der Waals surface area contributed by atoms with Crippen molar-refractivity contribution in [1.29, 1.82) is 0 Å². The van der Waals surface area contributed by atoms with Crippen molar-refractivity contribution in [3.8, 4) is 16.9 Å². The zero-order valence-corrected chi connectivity index (χ0v) is 20.7. The second-order valence-corrected chi connectivity index (χ2v) is 10.0. The molecule has 2 aliphatic heterocycles. The van der Waals surface area contributed by atoms with Crippen LogP contribution in [0.5, 0.6) is 5.75 Å². The lowest BCUT2D eigenvalue weighted by Gasteiger charge is -2.27. The smallest absolute Gasteiger partial charge is 0.405 e. The average Bonchev–Trinajstić information content (AvgIpc) is 3.34. The molecule has 1 atom stereocenters. The molecule has 0 aliphatic carbocycles. The van der Waals surface area contributed by atoms with Gasteiger partial charge in [0.1, 0.15) is 23.7 Å². The molecule has 4 aromatic rings. The van der Waals surface area contributed by atoms with Crippen molar-refractivity contribution >= 4 is 22.9 Å². The first kappa shape index (κ1) is 25.2. The molecule has 0 radical (unpaired) electrons. The number of nitrogens with zero attached hydrogens (tertiary/aromatic N) is 5. The van der Waals surface area contributed by atoms with Crippen LogP contribution >= 0.6 is 0 Å². The summed E-state index contributed by atoms with van der Waals surface area (Å²) in [5, 5.41) is 10.8. The predicted octanol–water partition coefficient (Wildman–Crippen LogP) is 4.04. The van der Waals surface area contributed by atoms with Crippen LogP contribution in [0.2, 0.25) is 0 Å². The molecule has 2 bridgehead atoms. The lowest BCUT2D eigenvalue weighted by atomic mass is 10.1. The Labute approximate surface area is 218 Å². The van der Waals surface area contributed by atoms with E-state index in [2.05, 4.69) is 15.0 Å². The van der Waals surface area contributed by atoms with E-state index in [1.54, 1.807) is 49.0 Å². The van der Waals surface area contributed by atoms with Gasteiger partial charge in [-0.05, 0) is 37.6 Å². The van der Waals surface area contributed by atoms with Crippen LogP contribution in [0.15, 0.2) is 48.8 Å². The molecule has 0 saturated carbocycles. The van der Waals surface area contributed by atoms with Gasteiger partial charge in [-0.1, -0.05) is 18.2 Å². The van der Waals surface area contributed by atoms with Crippen molar-refractivity contribution < 1.29 is 31.8 Å². The summed E-state index contributed by atoms with van der Waals surface area (Å²) >= 11 is 0. The molecule has 2 aliphatic rings.